The van der Waals surface area contributed by atoms with Crippen LogP contribution in [0.3, 0.4) is 0 Å². The van der Waals surface area contributed by atoms with Crippen LogP contribution in [-0.2, 0) is 10.0 Å². The van der Waals surface area contributed by atoms with Gasteiger partial charge in [0.1, 0.15) is 0 Å². The second-order valence-corrected chi connectivity index (χ2v) is 6.13. The highest BCUT2D eigenvalue weighted by molar-refractivity contribution is 7.89. The molecule has 17 heavy (non-hydrogen) atoms. The van der Waals surface area contributed by atoms with Gasteiger partial charge in [-0.3, -0.25) is 0 Å². The largest absolute Gasteiger partial charge is 0.399 e. The van der Waals surface area contributed by atoms with Crippen LogP contribution < -0.4 is 11.1 Å². The van der Waals surface area contributed by atoms with Crippen molar-refractivity contribution in [1.82, 2.24) is 9.62 Å². The molecule has 0 spiro atoms. The first-order valence-electron chi connectivity index (χ1n) is 5.60. The van der Waals surface area contributed by atoms with Crippen LogP contribution in [0, 0.1) is 0 Å². The quantitative estimate of drug-likeness (QED) is 0.743. The molecule has 0 bridgehead atoms. The second-order valence-electron chi connectivity index (χ2n) is 4.24. The van der Waals surface area contributed by atoms with Gasteiger partial charge in [0.15, 0.2) is 0 Å². The Morgan fingerprint density at radius 1 is 1.35 bits per heavy atom. The fourth-order valence-corrected chi connectivity index (χ4v) is 3.59. The Morgan fingerprint density at radius 2 is 2.00 bits per heavy atom. The molecule has 1 aromatic carbocycles. The van der Waals surface area contributed by atoms with Crippen LogP contribution in [0.4, 0.5) is 5.69 Å². The summed E-state index contributed by atoms with van der Waals surface area (Å²) < 4.78 is 26.3. The molecule has 1 saturated heterocycles. The maximum absolute atomic E-state index is 12.4. The Bertz CT molecular complexity index is 484. The van der Waals surface area contributed by atoms with Crippen LogP contribution in [-0.4, -0.2) is 38.4 Å². The van der Waals surface area contributed by atoms with Crippen molar-refractivity contribution in [2.75, 3.05) is 25.4 Å². The summed E-state index contributed by atoms with van der Waals surface area (Å²) in [6.45, 7) is 3.79. The maximum Gasteiger partial charge on any atom is 0.243 e. The first kappa shape index (κ1) is 12.3. The highest BCUT2D eigenvalue weighted by Crippen LogP contribution is 2.20. The Morgan fingerprint density at radius 3 is 2.59 bits per heavy atom. The Kier molecular flexibility index (Phi) is 3.37. The molecule has 1 fully saturated rings. The van der Waals surface area contributed by atoms with Gasteiger partial charge in [0.2, 0.25) is 10.0 Å². The number of sulfonamides is 1. The highest BCUT2D eigenvalue weighted by Gasteiger charge is 2.30. The number of anilines is 1. The molecule has 0 amide bonds. The lowest BCUT2D eigenvalue weighted by Gasteiger charge is -2.32. The average molecular weight is 255 g/mol. The van der Waals surface area contributed by atoms with E-state index in [0.717, 1.165) is 0 Å². The molecule has 5 nitrogen and oxygen atoms in total. The van der Waals surface area contributed by atoms with Gasteiger partial charge in [0, 0.05) is 31.4 Å². The lowest BCUT2D eigenvalue weighted by Crippen LogP contribution is -2.52. The highest BCUT2D eigenvalue weighted by atomic mass is 32.2. The number of nitrogens with zero attached hydrogens (tertiary/aromatic N) is 1. The zero-order valence-corrected chi connectivity index (χ0v) is 10.6. The molecule has 1 heterocycles. The van der Waals surface area contributed by atoms with Crippen LogP contribution in [0.1, 0.15) is 6.92 Å². The van der Waals surface area contributed by atoms with Gasteiger partial charge in [-0.25, -0.2) is 8.42 Å². The van der Waals surface area contributed by atoms with E-state index in [1.54, 1.807) is 24.3 Å². The Balaban J connectivity index is 2.32. The van der Waals surface area contributed by atoms with Crippen molar-refractivity contribution in [2.45, 2.75) is 17.9 Å². The normalized spacial score (nSPS) is 22.5. The molecule has 6 heteroatoms. The van der Waals surface area contributed by atoms with E-state index in [9.17, 15) is 8.42 Å². The molecule has 1 unspecified atom stereocenters. The predicted octanol–water partition coefficient (Wildman–Crippen LogP) is 0.251. The van der Waals surface area contributed by atoms with Gasteiger partial charge in [-0.05, 0) is 31.2 Å². The van der Waals surface area contributed by atoms with E-state index in [2.05, 4.69) is 5.32 Å². The van der Waals surface area contributed by atoms with Gasteiger partial charge in [-0.15, -0.1) is 0 Å². The van der Waals surface area contributed by atoms with Crippen molar-refractivity contribution in [1.29, 1.82) is 0 Å². The van der Waals surface area contributed by atoms with Crippen molar-refractivity contribution in [2.24, 2.45) is 0 Å². The van der Waals surface area contributed by atoms with Crippen molar-refractivity contribution in [3.8, 4) is 0 Å². The number of hydrogen-bond donors (Lipinski definition) is 2. The minimum Gasteiger partial charge on any atom is -0.399 e. The molecule has 1 aromatic rings. The number of hydrogen-bond acceptors (Lipinski definition) is 4. The van der Waals surface area contributed by atoms with Gasteiger partial charge in [0.05, 0.1) is 4.90 Å². The third-order valence-electron chi connectivity index (χ3n) is 2.93. The number of nitrogen functional groups attached to an aromatic ring is 1. The molecular formula is C11H17N3O2S. The third-order valence-corrected chi connectivity index (χ3v) is 4.95. The van der Waals surface area contributed by atoms with E-state index in [0.29, 0.717) is 30.2 Å². The molecule has 1 atom stereocenters. The van der Waals surface area contributed by atoms with Crippen LogP contribution in [0.15, 0.2) is 29.2 Å². The minimum absolute atomic E-state index is 0.0219. The van der Waals surface area contributed by atoms with Gasteiger partial charge in [-0.2, -0.15) is 4.31 Å². The monoisotopic (exact) mass is 255 g/mol. The van der Waals surface area contributed by atoms with Crippen LogP contribution in [0.5, 0.6) is 0 Å². The molecule has 0 aliphatic carbocycles. The molecule has 0 aromatic heterocycles. The lowest BCUT2D eigenvalue weighted by molar-refractivity contribution is 0.284. The number of piperazine rings is 1. The molecule has 3 N–H and O–H groups in total. The minimum atomic E-state index is -3.39. The van der Waals surface area contributed by atoms with Crippen LogP contribution >= 0.6 is 0 Å². The summed E-state index contributed by atoms with van der Waals surface area (Å²) in [5.41, 5.74) is 6.12. The van der Waals surface area contributed by atoms with E-state index >= 15 is 0 Å². The van der Waals surface area contributed by atoms with E-state index in [4.69, 9.17) is 5.73 Å². The Hall–Kier alpha value is -1.11. The van der Waals surface area contributed by atoms with Crippen LogP contribution in [0.25, 0.3) is 0 Å². The summed E-state index contributed by atoms with van der Waals surface area (Å²) in [5.74, 6) is 0. The fraction of sp³-hybridized carbons (Fsp3) is 0.455. The average Bonchev–Trinajstić information content (AvgIpc) is 2.30. The standard InChI is InChI=1S/C11H17N3O2S/c1-9-8-13-6-7-14(9)17(15,16)11-4-2-10(12)3-5-11/h2-5,9,13H,6-8,12H2,1H3. The van der Waals surface area contributed by atoms with E-state index in [1.165, 1.54) is 4.31 Å². The van der Waals surface area contributed by atoms with E-state index in [-0.39, 0.29) is 6.04 Å². The number of nitrogens with two attached hydrogens (primary N) is 1. The summed E-state index contributed by atoms with van der Waals surface area (Å²) in [4.78, 5) is 0.306. The zero-order chi connectivity index (χ0) is 12.5. The summed E-state index contributed by atoms with van der Waals surface area (Å²) in [6, 6.07) is 6.31. The van der Waals surface area contributed by atoms with Gasteiger partial charge < -0.3 is 11.1 Å². The predicted molar refractivity (Wildman–Crippen MR) is 67.1 cm³/mol. The van der Waals surface area contributed by atoms with E-state index in [1.807, 2.05) is 6.92 Å². The van der Waals surface area contributed by atoms with Crippen molar-refractivity contribution in [3.05, 3.63) is 24.3 Å². The van der Waals surface area contributed by atoms with Crippen molar-refractivity contribution < 1.29 is 8.42 Å². The fourth-order valence-electron chi connectivity index (χ4n) is 1.95. The first-order chi connectivity index (χ1) is 8.01. The second kappa shape index (κ2) is 4.64. The van der Waals surface area contributed by atoms with Crippen molar-refractivity contribution >= 4 is 15.7 Å². The maximum atomic E-state index is 12.4. The summed E-state index contributed by atoms with van der Waals surface area (Å²) >= 11 is 0. The molecule has 1 aliphatic rings. The molecule has 94 valence electrons. The Labute approximate surface area is 102 Å². The summed E-state index contributed by atoms with van der Waals surface area (Å²) in [5, 5.41) is 3.17. The van der Waals surface area contributed by atoms with E-state index < -0.39 is 10.0 Å². The smallest absolute Gasteiger partial charge is 0.243 e. The van der Waals surface area contributed by atoms with Gasteiger partial charge >= 0.3 is 0 Å². The van der Waals surface area contributed by atoms with Crippen molar-refractivity contribution in [3.63, 3.8) is 0 Å². The van der Waals surface area contributed by atoms with Gasteiger partial charge in [0.25, 0.3) is 0 Å². The third kappa shape index (κ3) is 2.43. The summed E-state index contributed by atoms with van der Waals surface area (Å²) in [7, 11) is -3.39. The topological polar surface area (TPSA) is 75.4 Å². The zero-order valence-electron chi connectivity index (χ0n) is 9.76. The lowest BCUT2D eigenvalue weighted by atomic mass is 10.3. The molecular weight excluding hydrogens is 238 g/mol. The molecule has 1 aliphatic heterocycles. The molecule has 0 radical (unpaired) electrons. The number of rotatable bonds is 2. The van der Waals surface area contributed by atoms with Gasteiger partial charge in [-0.1, -0.05) is 0 Å². The first-order valence-corrected chi connectivity index (χ1v) is 7.04. The number of benzene rings is 1. The summed E-state index contributed by atoms with van der Waals surface area (Å²) in [6.07, 6.45) is 0. The number of nitrogens with one attached hydrogen (secondary N) is 1. The SMILES string of the molecule is CC1CNCCN1S(=O)(=O)c1ccc(N)cc1. The van der Waals surface area contributed by atoms with Crippen LogP contribution in [0.2, 0.25) is 0 Å². The molecule has 2 rings (SSSR count). The molecule has 0 saturated carbocycles.